The van der Waals surface area contributed by atoms with Gasteiger partial charge in [-0.3, -0.25) is 4.68 Å². The molecule has 1 aromatic heterocycles. The summed E-state index contributed by atoms with van der Waals surface area (Å²) in [4.78, 5) is 0.358. The molecule has 1 aromatic carbocycles. The molecule has 7 heteroatoms. The van der Waals surface area contributed by atoms with Gasteiger partial charge in [0.1, 0.15) is 0 Å². The molecule has 0 bridgehead atoms. The zero-order valence-corrected chi connectivity index (χ0v) is 11.5. The summed E-state index contributed by atoms with van der Waals surface area (Å²) in [6.45, 7) is 3.04. The molecule has 0 aliphatic rings. The highest BCUT2D eigenvalue weighted by Crippen LogP contribution is 2.15. The van der Waals surface area contributed by atoms with E-state index in [1.807, 2.05) is 0 Å². The normalized spacial score (nSPS) is 11.4. The molecule has 102 valence electrons. The fraction of sp³-hybridized carbons (Fsp3) is 0.333. The van der Waals surface area contributed by atoms with Gasteiger partial charge in [-0.05, 0) is 24.3 Å². The second kappa shape index (κ2) is 5.83. The van der Waals surface area contributed by atoms with Crippen LogP contribution >= 0.6 is 0 Å². The number of hydrogen-bond acceptors (Lipinski definition) is 5. The lowest BCUT2D eigenvalue weighted by atomic mass is 10.3. The number of nitrogens with one attached hydrogen (secondary N) is 1. The van der Waals surface area contributed by atoms with Crippen LogP contribution in [0.1, 0.15) is 6.92 Å². The van der Waals surface area contributed by atoms with Crippen LogP contribution in [0.3, 0.4) is 0 Å². The van der Waals surface area contributed by atoms with Crippen LogP contribution in [0.4, 0.5) is 5.69 Å². The van der Waals surface area contributed by atoms with Crippen molar-refractivity contribution in [2.24, 2.45) is 0 Å². The number of sulfone groups is 1. The van der Waals surface area contributed by atoms with Gasteiger partial charge in [-0.1, -0.05) is 12.1 Å². The molecule has 2 aromatic rings. The Morgan fingerprint density at radius 1 is 1.26 bits per heavy atom. The number of anilines is 1. The van der Waals surface area contributed by atoms with Crippen LogP contribution in [0.15, 0.2) is 41.6 Å². The molecule has 0 aliphatic carbocycles. The lowest BCUT2D eigenvalue weighted by Crippen LogP contribution is -2.11. The van der Waals surface area contributed by atoms with Crippen molar-refractivity contribution in [1.29, 1.82) is 0 Å². The predicted molar refractivity (Wildman–Crippen MR) is 72.7 cm³/mol. The summed E-state index contributed by atoms with van der Waals surface area (Å²) in [6.07, 6.45) is 3.42. The van der Waals surface area contributed by atoms with Crippen LogP contribution in [-0.2, 0) is 16.4 Å². The quantitative estimate of drug-likeness (QED) is 0.860. The Bertz CT molecular complexity index is 606. The Hall–Kier alpha value is -1.89. The third-order valence-electron chi connectivity index (χ3n) is 2.74. The minimum atomic E-state index is -3.12. The first-order chi connectivity index (χ1) is 9.12. The molecule has 0 radical (unpaired) electrons. The Kier molecular flexibility index (Phi) is 4.16. The molecule has 0 saturated carbocycles. The molecule has 0 spiro atoms. The third-order valence-corrected chi connectivity index (χ3v) is 4.49. The zero-order chi connectivity index (χ0) is 13.7. The lowest BCUT2D eigenvalue weighted by molar-refractivity contribution is 0.597. The third kappa shape index (κ3) is 3.54. The van der Waals surface area contributed by atoms with Crippen LogP contribution < -0.4 is 5.32 Å². The Balaban J connectivity index is 1.92. The van der Waals surface area contributed by atoms with Gasteiger partial charge in [0.2, 0.25) is 0 Å². The van der Waals surface area contributed by atoms with E-state index in [0.29, 0.717) is 18.0 Å². The molecule has 0 aliphatic heterocycles. The number of aromatic nitrogens is 3. The summed E-state index contributed by atoms with van der Waals surface area (Å²) in [5.74, 6) is 0.117. The van der Waals surface area contributed by atoms with Crippen LogP contribution in [-0.4, -0.2) is 35.7 Å². The van der Waals surface area contributed by atoms with Crippen molar-refractivity contribution in [3.8, 4) is 0 Å². The van der Waals surface area contributed by atoms with Crippen molar-refractivity contribution < 1.29 is 8.42 Å². The molecule has 6 nitrogen and oxygen atoms in total. The Morgan fingerprint density at radius 2 is 2.00 bits per heavy atom. The van der Waals surface area contributed by atoms with E-state index in [9.17, 15) is 8.42 Å². The fourth-order valence-corrected chi connectivity index (χ4v) is 2.50. The standard InChI is InChI=1S/C12H16N4O2S/c1-2-19(17,18)12-5-3-11(4-6-12)13-7-9-16-10-8-14-15-16/h3-6,8,10,13H,2,7,9H2,1H3. The van der Waals surface area contributed by atoms with Gasteiger partial charge in [-0.25, -0.2) is 8.42 Å². The number of hydrogen-bond donors (Lipinski definition) is 1. The molecule has 1 N–H and O–H groups in total. The SMILES string of the molecule is CCS(=O)(=O)c1ccc(NCCn2ccnn2)cc1. The summed E-state index contributed by atoms with van der Waals surface area (Å²) >= 11 is 0. The highest BCUT2D eigenvalue weighted by Gasteiger charge is 2.10. The number of rotatable bonds is 6. The minimum Gasteiger partial charge on any atom is -0.383 e. The van der Waals surface area contributed by atoms with E-state index in [2.05, 4.69) is 15.6 Å². The Morgan fingerprint density at radius 3 is 2.58 bits per heavy atom. The molecule has 0 fully saturated rings. The van der Waals surface area contributed by atoms with Gasteiger partial charge >= 0.3 is 0 Å². The van der Waals surface area contributed by atoms with Crippen molar-refractivity contribution in [2.75, 3.05) is 17.6 Å². The van der Waals surface area contributed by atoms with E-state index in [1.165, 1.54) is 0 Å². The largest absolute Gasteiger partial charge is 0.383 e. The summed E-state index contributed by atoms with van der Waals surface area (Å²) in [5.41, 5.74) is 0.884. The first-order valence-electron chi connectivity index (χ1n) is 6.02. The summed E-state index contributed by atoms with van der Waals surface area (Å²) in [6, 6.07) is 6.78. The highest BCUT2D eigenvalue weighted by molar-refractivity contribution is 7.91. The topological polar surface area (TPSA) is 76.9 Å². The maximum absolute atomic E-state index is 11.6. The molecular weight excluding hydrogens is 264 g/mol. The fourth-order valence-electron chi connectivity index (χ4n) is 1.61. The zero-order valence-electron chi connectivity index (χ0n) is 10.7. The van der Waals surface area contributed by atoms with Crippen LogP contribution in [0.2, 0.25) is 0 Å². The first-order valence-corrected chi connectivity index (χ1v) is 7.68. The molecule has 19 heavy (non-hydrogen) atoms. The van der Waals surface area contributed by atoms with Crippen molar-refractivity contribution in [3.63, 3.8) is 0 Å². The second-order valence-electron chi connectivity index (χ2n) is 4.02. The van der Waals surface area contributed by atoms with Crippen molar-refractivity contribution in [3.05, 3.63) is 36.7 Å². The van der Waals surface area contributed by atoms with Gasteiger partial charge in [-0.15, -0.1) is 5.10 Å². The molecular formula is C12H16N4O2S. The lowest BCUT2D eigenvalue weighted by Gasteiger charge is -2.07. The van der Waals surface area contributed by atoms with Gasteiger partial charge in [0.15, 0.2) is 9.84 Å². The van der Waals surface area contributed by atoms with Crippen LogP contribution in [0.25, 0.3) is 0 Å². The average Bonchev–Trinajstić information content (AvgIpc) is 2.92. The van der Waals surface area contributed by atoms with Crippen LogP contribution in [0, 0.1) is 0 Å². The van der Waals surface area contributed by atoms with Gasteiger partial charge < -0.3 is 5.32 Å². The molecule has 0 saturated heterocycles. The summed E-state index contributed by atoms with van der Waals surface area (Å²) in [5, 5.41) is 10.8. The Labute approximate surface area is 112 Å². The van der Waals surface area contributed by atoms with E-state index in [0.717, 1.165) is 5.69 Å². The van der Waals surface area contributed by atoms with Crippen molar-refractivity contribution in [2.45, 2.75) is 18.4 Å². The van der Waals surface area contributed by atoms with Gasteiger partial charge in [0.05, 0.1) is 23.4 Å². The number of benzene rings is 1. The van der Waals surface area contributed by atoms with E-state index in [1.54, 1.807) is 48.3 Å². The molecule has 0 atom stereocenters. The predicted octanol–water partition coefficient (Wildman–Crippen LogP) is 1.18. The van der Waals surface area contributed by atoms with E-state index < -0.39 is 9.84 Å². The minimum absolute atomic E-state index is 0.117. The van der Waals surface area contributed by atoms with E-state index >= 15 is 0 Å². The van der Waals surface area contributed by atoms with Crippen LogP contribution in [0.5, 0.6) is 0 Å². The van der Waals surface area contributed by atoms with Gasteiger partial charge in [-0.2, -0.15) is 0 Å². The second-order valence-corrected chi connectivity index (χ2v) is 6.30. The van der Waals surface area contributed by atoms with Gasteiger partial charge in [0, 0.05) is 18.4 Å². The van der Waals surface area contributed by atoms with Crippen molar-refractivity contribution >= 4 is 15.5 Å². The van der Waals surface area contributed by atoms with E-state index in [-0.39, 0.29) is 5.75 Å². The maximum atomic E-state index is 11.6. The van der Waals surface area contributed by atoms with Gasteiger partial charge in [0.25, 0.3) is 0 Å². The summed E-state index contributed by atoms with van der Waals surface area (Å²) in [7, 11) is -3.12. The monoisotopic (exact) mass is 280 g/mol. The number of nitrogens with zero attached hydrogens (tertiary/aromatic N) is 3. The van der Waals surface area contributed by atoms with Crippen molar-refractivity contribution in [1.82, 2.24) is 15.0 Å². The molecule has 0 unspecified atom stereocenters. The smallest absolute Gasteiger partial charge is 0.178 e. The average molecular weight is 280 g/mol. The molecule has 1 heterocycles. The first kappa shape index (κ1) is 13.5. The molecule has 2 rings (SSSR count). The highest BCUT2D eigenvalue weighted by atomic mass is 32.2. The maximum Gasteiger partial charge on any atom is 0.178 e. The van der Waals surface area contributed by atoms with E-state index in [4.69, 9.17) is 0 Å². The molecule has 0 amide bonds. The summed E-state index contributed by atoms with van der Waals surface area (Å²) < 4.78 is 25.0.